The smallest absolute Gasteiger partial charge is 0.306 e. The number of nitrogens with one attached hydrogen (secondary N) is 2. The van der Waals surface area contributed by atoms with Crippen molar-refractivity contribution >= 4 is 45.2 Å². The molecule has 2 aromatic rings. The Morgan fingerprint density at radius 1 is 1.06 bits per heavy atom. The summed E-state index contributed by atoms with van der Waals surface area (Å²) < 4.78 is 31.4. The normalized spacial score (nSPS) is 16.7. The van der Waals surface area contributed by atoms with Crippen molar-refractivity contribution in [2.24, 2.45) is 4.99 Å². The van der Waals surface area contributed by atoms with E-state index in [1.807, 2.05) is 0 Å². The van der Waals surface area contributed by atoms with Gasteiger partial charge in [-0.1, -0.05) is 12.1 Å². The minimum Gasteiger partial charge on any atom is -0.456 e. The number of sulfonamides is 1. The minimum atomic E-state index is -3.62. The van der Waals surface area contributed by atoms with Gasteiger partial charge in [-0.3, -0.25) is 33.8 Å². The molecule has 0 unspecified atom stereocenters. The summed E-state index contributed by atoms with van der Waals surface area (Å²) in [7, 11) is -2.24. The predicted molar refractivity (Wildman–Crippen MR) is 120 cm³/mol. The number of fused-ring (bicyclic) bond motifs is 2. The highest BCUT2D eigenvalue weighted by atomic mass is 32.2. The molecule has 0 fully saturated rings. The van der Waals surface area contributed by atoms with Gasteiger partial charge in [0, 0.05) is 31.3 Å². The maximum atomic E-state index is 12.1. The first kappa shape index (κ1) is 23.1. The van der Waals surface area contributed by atoms with Crippen LogP contribution in [0.4, 0.5) is 5.69 Å². The van der Waals surface area contributed by atoms with Crippen LogP contribution in [0.5, 0.6) is 0 Å². The quantitative estimate of drug-likeness (QED) is 0.337. The van der Waals surface area contributed by atoms with Gasteiger partial charge < -0.3 is 10.1 Å². The van der Waals surface area contributed by atoms with Gasteiger partial charge in [0.2, 0.25) is 0 Å². The number of amides is 3. The van der Waals surface area contributed by atoms with E-state index < -0.39 is 40.3 Å². The molecule has 2 N–H and O–H groups in total. The highest BCUT2D eigenvalue weighted by molar-refractivity contribution is 7.90. The second-order valence-electron chi connectivity index (χ2n) is 7.57. The lowest BCUT2D eigenvalue weighted by Gasteiger charge is -2.07. The van der Waals surface area contributed by atoms with Crippen LogP contribution < -0.4 is 10.0 Å². The molecule has 0 saturated carbocycles. The number of imide groups is 1. The molecule has 176 valence electrons. The van der Waals surface area contributed by atoms with Crippen LogP contribution in [0.2, 0.25) is 0 Å². The van der Waals surface area contributed by atoms with E-state index in [1.165, 1.54) is 31.3 Å². The number of rotatable bonds is 7. The zero-order valence-electron chi connectivity index (χ0n) is 18.0. The van der Waals surface area contributed by atoms with Gasteiger partial charge in [-0.2, -0.15) is 0 Å². The van der Waals surface area contributed by atoms with Gasteiger partial charge in [0.15, 0.2) is 6.61 Å². The topological polar surface area (TPSA) is 151 Å². The molecule has 12 heteroatoms. The van der Waals surface area contributed by atoms with Crippen LogP contribution in [0.25, 0.3) is 0 Å². The number of amidine groups is 1. The number of carbonyl (C=O) groups is 4. The lowest BCUT2D eigenvalue weighted by molar-refractivity contribution is -0.147. The fourth-order valence-corrected chi connectivity index (χ4v) is 4.77. The molecule has 0 atom stereocenters. The largest absolute Gasteiger partial charge is 0.456 e. The highest BCUT2D eigenvalue weighted by Crippen LogP contribution is 2.25. The molecule has 3 amide bonds. The van der Waals surface area contributed by atoms with Crippen LogP contribution >= 0.6 is 0 Å². The number of hydrogen-bond acceptors (Lipinski definition) is 8. The van der Waals surface area contributed by atoms with Crippen molar-refractivity contribution in [1.82, 2.24) is 9.62 Å². The van der Waals surface area contributed by atoms with E-state index in [9.17, 15) is 27.6 Å². The number of esters is 1. The zero-order chi connectivity index (χ0) is 24.5. The molecule has 4 rings (SSSR count). The second-order valence-corrected chi connectivity index (χ2v) is 9.22. The van der Waals surface area contributed by atoms with Gasteiger partial charge in [0.05, 0.1) is 16.0 Å². The van der Waals surface area contributed by atoms with Crippen LogP contribution in [-0.4, -0.2) is 63.0 Å². The fourth-order valence-electron chi connectivity index (χ4n) is 3.52. The monoisotopic (exact) mass is 484 g/mol. The average molecular weight is 484 g/mol. The Bertz CT molecular complexity index is 1350. The second kappa shape index (κ2) is 9.06. The Kier molecular flexibility index (Phi) is 6.16. The van der Waals surface area contributed by atoms with E-state index in [0.29, 0.717) is 17.7 Å². The fraction of sp³-hybridized carbons (Fsp3) is 0.227. The number of aliphatic imine (C=N–C) groups is 1. The molecule has 2 aromatic carbocycles. The van der Waals surface area contributed by atoms with E-state index in [2.05, 4.69) is 15.0 Å². The van der Waals surface area contributed by atoms with E-state index in [0.717, 1.165) is 4.90 Å². The van der Waals surface area contributed by atoms with Crippen molar-refractivity contribution in [3.05, 3.63) is 59.2 Å². The van der Waals surface area contributed by atoms with E-state index >= 15 is 0 Å². The third-order valence-electron chi connectivity index (χ3n) is 5.21. The summed E-state index contributed by atoms with van der Waals surface area (Å²) >= 11 is 0. The van der Waals surface area contributed by atoms with Gasteiger partial charge in [-0.15, -0.1) is 0 Å². The summed E-state index contributed by atoms with van der Waals surface area (Å²) in [5.41, 5.74) is 1.22. The van der Waals surface area contributed by atoms with Crippen LogP contribution in [-0.2, 0) is 24.3 Å². The summed E-state index contributed by atoms with van der Waals surface area (Å²) in [6.07, 6.45) is 0.280. The lowest BCUT2D eigenvalue weighted by atomic mass is 10.1. The average Bonchev–Trinajstić information content (AvgIpc) is 3.20. The number of hydrogen-bond donors (Lipinski definition) is 2. The molecular weight excluding hydrogens is 464 g/mol. The van der Waals surface area contributed by atoms with Crippen molar-refractivity contribution < 1.29 is 32.3 Å². The van der Waals surface area contributed by atoms with E-state index in [-0.39, 0.29) is 34.8 Å². The molecule has 2 heterocycles. The summed E-state index contributed by atoms with van der Waals surface area (Å²) in [5.74, 6) is -1.86. The van der Waals surface area contributed by atoms with Gasteiger partial charge in [0.25, 0.3) is 27.7 Å². The van der Waals surface area contributed by atoms with Crippen molar-refractivity contribution in [1.29, 1.82) is 0 Å². The van der Waals surface area contributed by atoms with Crippen LogP contribution in [0, 0.1) is 0 Å². The molecule has 11 nitrogen and oxygen atoms in total. The summed E-state index contributed by atoms with van der Waals surface area (Å²) in [4.78, 5) is 53.3. The third-order valence-corrected chi connectivity index (χ3v) is 6.61. The van der Waals surface area contributed by atoms with Crippen LogP contribution in [0.1, 0.15) is 39.1 Å². The van der Waals surface area contributed by atoms with Gasteiger partial charge in [-0.05, 0) is 36.8 Å². The lowest BCUT2D eigenvalue weighted by Crippen LogP contribution is -2.24. The molecule has 2 aliphatic heterocycles. The Labute approximate surface area is 194 Å². The Hall–Kier alpha value is -4.06. The molecule has 0 aliphatic carbocycles. The number of anilines is 1. The number of carbonyl (C=O) groups excluding carboxylic acids is 4. The number of ether oxygens (including phenoxy) is 1. The summed E-state index contributed by atoms with van der Waals surface area (Å²) in [5, 5.41) is 2.51. The predicted octanol–water partition coefficient (Wildman–Crippen LogP) is 0.913. The SMILES string of the molecule is CN1C(=O)c2ccc(NC(=O)COC(=O)CCCN=C3NS(=O)(=O)c4ccccc43)cc2C1=O. The highest BCUT2D eigenvalue weighted by Gasteiger charge is 2.33. The van der Waals surface area contributed by atoms with Gasteiger partial charge in [0.1, 0.15) is 5.84 Å². The first-order chi connectivity index (χ1) is 16.2. The zero-order valence-corrected chi connectivity index (χ0v) is 18.8. The van der Waals surface area contributed by atoms with Crippen molar-refractivity contribution in [3.63, 3.8) is 0 Å². The van der Waals surface area contributed by atoms with Crippen LogP contribution in [0.15, 0.2) is 52.4 Å². The van der Waals surface area contributed by atoms with Gasteiger partial charge >= 0.3 is 5.97 Å². The molecule has 2 aliphatic rings. The van der Waals surface area contributed by atoms with E-state index in [1.54, 1.807) is 18.2 Å². The minimum absolute atomic E-state index is 0.0136. The molecule has 0 saturated heterocycles. The number of nitrogens with zero attached hydrogens (tertiary/aromatic N) is 2. The molecule has 0 aromatic heterocycles. The maximum Gasteiger partial charge on any atom is 0.306 e. The number of benzene rings is 2. The molecule has 0 spiro atoms. The van der Waals surface area contributed by atoms with Crippen LogP contribution in [0.3, 0.4) is 0 Å². The van der Waals surface area contributed by atoms with Gasteiger partial charge in [-0.25, -0.2) is 8.42 Å². The molecule has 0 bridgehead atoms. The summed E-state index contributed by atoms with van der Waals surface area (Å²) in [6.45, 7) is -0.339. The van der Waals surface area contributed by atoms with Crippen molar-refractivity contribution in [2.75, 3.05) is 25.5 Å². The Morgan fingerprint density at radius 2 is 1.79 bits per heavy atom. The summed E-state index contributed by atoms with van der Waals surface area (Å²) in [6, 6.07) is 10.8. The first-order valence-electron chi connectivity index (χ1n) is 10.3. The molecule has 0 radical (unpaired) electrons. The molecular formula is C22H20N4O7S. The van der Waals surface area contributed by atoms with Crippen molar-refractivity contribution in [3.8, 4) is 0 Å². The first-order valence-corrected chi connectivity index (χ1v) is 11.7. The molecule has 34 heavy (non-hydrogen) atoms. The maximum absolute atomic E-state index is 12.1. The van der Waals surface area contributed by atoms with Crippen molar-refractivity contribution in [2.45, 2.75) is 17.7 Å². The standard InChI is InChI=1S/C22H20N4O7S/c1-26-21(29)14-9-8-13(11-16(14)22(26)30)24-18(27)12-33-19(28)7-4-10-23-20-15-5-2-3-6-17(15)34(31,32)25-20/h2-3,5-6,8-9,11H,4,7,10,12H2,1H3,(H,23,25)(H,24,27). The Balaban J connectivity index is 1.23. The Morgan fingerprint density at radius 3 is 2.59 bits per heavy atom. The van der Waals surface area contributed by atoms with E-state index in [4.69, 9.17) is 4.74 Å². The third kappa shape index (κ3) is 4.53.